The Labute approximate surface area is 171 Å². The lowest BCUT2D eigenvalue weighted by Crippen LogP contribution is -2.46. The van der Waals surface area contributed by atoms with Crippen LogP contribution in [0.15, 0.2) is 36.5 Å². The molecule has 1 amide bonds. The predicted octanol–water partition coefficient (Wildman–Crippen LogP) is 3.92. The average molecular weight is 403 g/mol. The van der Waals surface area contributed by atoms with Gasteiger partial charge in [0, 0.05) is 43.5 Å². The molecule has 3 rings (SSSR count). The number of pyridine rings is 1. The van der Waals surface area contributed by atoms with Crippen molar-refractivity contribution in [1.29, 1.82) is 0 Å². The van der Waals surface area contributed by atoms with Crippen molar-refractivity contribution in [3.8, 4) is 5.88 Å². The van der Waals surface area contributed by atoms with Gasteiger partial charge >= 0.3 is 0 Å². The van der Waals surface area contributed by atoms with Crippen molar-refractivity contribution in [3.63, 3.8) is 0 Å². The topological polar surface area (TPSA) is 57.7 Å². The van der Waals surface area contributed by atoms with E-state index in [1.165, 1.54) is 6.20 Å². The molecular formula is C21H27ClN4O2. The second kappa shape index (κ2) is 9.26. The molecule has 0 unspecified atom stereocenters. The SMILES string of the molecule is CCN1CCN(c2ccc(Cl)cc2NC(=O)c2ccc(OC(C)C)nc2)CC1. The highest BCUT2D eigenvalue weighted by Crippen LogP contribution is 2.30. The van der Waals surface area contributed by atoms with Gasteiger partial charge in [-0.05, 0) is 44.7 Å². The zero-order valence-electron chi connectivity index (χ0n) is 16.6. The summed E-state index contributed by atoms with van der Waals surface area (Å²) >= 11 is 6.19. The Morgan fingerprint density at radius 2 is 1.96 bits per heavy atom. The van der Waals surface area contributed by atoms with E-state index in [1.54, 1.807) is 18.2 Å². The zero-order chi connectivity index (χ0) is 20.1. The Bertz CT molecular complexity index is 803. The third-order valence-corrected chi connectivity index (χ3v) is 4.96. The number of piperazine rings is 1. The molecule has 0 saturated carbocycles. The van der Waals surface area contributed by atoms with Gasteiger partial charge in [-0.25, -0.2) is 4.98 Å². The maximum absolute atomic E-state index is 12.7. The van der Waals surface area contributed by atoms with Crippen LogP contribution >= 0.6 is 11.6 Å². The van der Waals surface area contributed by atoms with Gasteiger partial charge in [0.05, 0.1) is 23.0 Å². The number of likely N-dealkylation sites (N-methyl/N-ethyl adjacent to an activating group) is 1. The molecule has 150 valence electrons. The summed E-state index contributed by atoms with van der Waals surface area (Å²) in [4.78, 5) is 21.6. The number of hydrogen-bond acceptors (Lipinski definition) is 5. The number of benzene rings is 1. The van der Waals surface area contributed by atoms with Crippen LogP contribution in [-0.4, -0.2) is 54.6 Å². The predicted molar refractivity (Wildman–Crippen MR) is 114 cm³/mol. The van der Waals surface area contributed by atoms with Crippen molar-refractivity contribution < 1.29 is 9.53 Å². The summed E-state index contributed by atoms with van der Waals surface area (Å²) < 4.78 is 5.53. The molecular weight excluding hydrogens is 376 g/mol. The number of nitrogens with one attached hydrogen (secondary N) is 1. The molecule has 7 heteroatoms. The maximum Gasteiger partial charge on any atom is 0.257 e. The lowest BCUT2D eigenvalue weighted by atomic mass is 10.2. The lowest BCUT2D eigenvalue weighted by Gasteiger charge is -2.36. The van der Waals surface area contributed by atoms with Crippen LogP contribution < -0.4 is 15.0 Å². The summed E-state index contributed by atoms with van der Waals surface area (Å²) in [5, 5.41) is 3.58. The molecule has 2 heterocycles. The minimum atomic E-state index is -0.223. The number of carbonyl (C=O) groups is 1. The molecule has 1 aliphatic rings. The first-order valence-electron chi connectivity index (χ1n) is 9.67. The van der Waals surface area contributed by atoms with Gasteiger partial charge in [0.1, 0.15) is 0 Å². The first-order chi connectivity index (χ1) is 13.5. The quantitative estimate of drug-likeness (QED) is 0.793. The third-order valence-electron chi connectivity index (χ3n) is 4.72. The largest absolute Gasteiger partial charge is 0.475 e. The van der Waals surface area contributed by atoms with E-state index in [4.69, 9.17) is 16.3 Å². The molecule has 28 heavy (non-hydrogen) atoms. The van der Waals surface area contributed by atoms with Crippen molar-refractivity contribution in [2.75, 3.05) is 42.9 Å². The van der Waals surface area contributed by atoms with Gasteiger partial charge in [-0.1, -0.05) is 18.5 Å². The number of halogens is 1. The van der Waals surface area contributed by atoms with E-state index >= 15 is 0 Å². The minimum absolute atomic E-state index is 0.0365. The van der Waals surface area contributed by atoms with Crippen LogP contribution in [0.4, 0.5) is 11.4 Å². The number of nitrogens with zero attached hydrogens (tertiary/aromatic N) is 3. The molecule has 0 bridgehead atoms. The summed E-state index contributed by atoms with van der Waals surface area (Å²) in [5.41, 5.74) is 2.17. The fourth-order valence-electron chi connectivity index (χ4n) is 3.21. The smallest absolute Gasteiger partial charge is 0.257 e. The monoisotopic (exact) mass is 402 g/mol. The number of hydrogen-bond donors (Lipinski definition) is 1. The van der Waals surface area contributed by atoms with Gasteiger partial charge in [0.15, 0.2) is 0 Å². The van der Waals surface area contributed by atoms with Gasteiger partial charge < -0.3 is 19.9 Å². The molecule has 1 fully saturated rings. The maximum atomic E-state index is 12.7. The van der Waals surface area contributed by atoms with Crippen molar-refractivity contribution in [2.45, 2.75) is 26.9 Å². The standard InChI is InChI=1S/C21H27ClN4O2/c1-4-25-9-11-26(12-10-25)19-7-6-17(22)13-18(19)24-21(27)16-5-8-20(23-14-16)28-15(2)3/h5-8,13-15H,4,9-12H2,1-3H3,(H,24,27). The Balaban J connectivity index is 1.74. The summed E-state index contributed by atoms with van der Waals surface area (Å²) in [6.07, 6.45) is 1.56. The van der Waals surface area contributed by atoms with E-state index in [0.29, 0.717) is 22.2 Å². The number of anilines is 2. The van der Waals surface area contributed by atoms with Crippen LogP contribution in [0.1, 0.15) is 31.1 Å². The van der Waals surface area contributed by atoms with E-state index in [0.717, 1.165) is 38.4 Å². The summed E-state index contributed by atoms with van der Waals surface area (Å²) in [6.45, 7) is 11.0. The number of ether oxygens (including phenoxy) is 1. The number of carbonyl (C=O) groups excluding carboxylic acids is 1. The highest BCUT2D eigenvalue weighted by molar-refractivity contribution is 6.31. The van der Waals surface area contributed by atoms with Crippen LogP contribution in [0.3, 0.4) is 0 Å². The normalized spacial score (nSPS) is 15.0. The van der Waals surface area contributed by atoms with Crippen LogP contribution in [-0.2, 0) is 0 Å². The Morgan fingerprint density at radius 1 is 1.21 bits per heavy atom. The number of amides is 1. The molecule has 0 spiro atoms. The Kier molecular flexibility index (Phi) is 6.75. The van der Waals surface area contributed by atoms with Crippen molar-refractivity contribution in [3.05, 3.63) is 47.1 Å². The average Bonchev–Trinajstić information content (AvgIpc) is 2.68. The van der Waals surface area contributed by atoms with E-state index in [-0.39, 0.29) is 12.0 Å². The molecule has 1 N–H and O–H groups in total. The Hall–Kier alpha value is -2.31. The van der Waals surface area contributed by atoms with Gasteiger partial charge in [0.2, 0.25) is 5.88 Å². The van der Waals surface area contributed by atoms with E-state index in [9.17, 15) is 4.79 Å². The van der Waals surface area contributed by atoms with Crippen LogP contribution in [0, 0.1) is 0 Å². The fourth-order valence-corrected chi connectivity index (χ4v) is 3.38. The van der Waals surface area contributed by atoms with Gasteiger partial charge in [0.25, 0.3) is 5.91 Å². The van der Waals surface area contributed by atoms with Crippen molar-refractivity contribution >= 4 is 28.9 Å². The molecule has 1 aromatic heterocycles. The highest BCUT2D eigenvalue weighted by atomic mass is 35.5. The summed E-state index contributed by atoms with van der Waals surface area (Å²) in [7, 11) is 0. The fraction of sp³-hybridized carbons (Fsp3) is 0.429. The Morgan fingerprint density at radius 3 is 2.57 bits per heavy atom. The van der Waals surface area contributed by atoms with Gasteiger partial charge in [-0.15, -0.1) is 0 Å². The molecule has 1 aromatic carbocycles. The van der Waals surface area contributed by atoms with Crippen LogP contribution in [0.25, 0.3) is 0 Å². The van der Waals surface area contributed by atoms with Gasteiger partial charge in [-0.3, -0.25) is 4.79 Å². The first-order valence-corrected chi connectivity index (χ1v) is 10.0. The molecule has 6 nitrogen and oxygen atoms in total. The van der Waals surface area contributed by atoms with Crippen molar-refractivity contribution in [1.82, 2.24) is 9.88 Å². The van der Waals surface area contributed by atoms with E-state index < -0.39 is 0 Å². The molecule has 1 aliphatic heterocycles. The molecule has 2 aromatic rings. The second-order valence-corrected chi connectivity index (χ2v) is 7.53. The van der Waals surface area contributed by atoms with E-state index in [2.05, 4.69) is 27.0 Å². The minimum Gasteiger partial charge on any atom is -0.475 e. The van der Waals surface area contributed by atoms with E-state index in [1.807, 2.05) is 26.0 Å². The molecule has 0 aliphatic carbocycles. The summed E-state index contributed by atoms with van der Waals surface area (Å²) in [5.74, 6) is 0.281. The third kappa shape index (κ3) is 5.14. The van der Waals surface area contributed by atoms with Crippen molar-refractivity contribution in [2.24, 2.45) is 0 Å². The highest BCUT2D eigenvalue weighted by Gasteiger charge is 2.20. The second-order valence-electron chi connectivity index (χ2n) is 7.09. The van der Waals surface area contributed by atoms with Crippen LogP contribution in [0.2, 0.25) is 5.02 Å². The molecule has 0 radical (unpaired) electrons. The lowest BCUT2D eigenvalue weighted by molar-refractivity contribution is 0.102. The van der Waals surface area contributed by atoms with Gasteiger partial charge in [-0.2, -0.15) is 0 Å². The van der Waals surface area contributed by atoms with Crippen LogP contribution in [0.5, 0.6) is 5.88 Å². The first kappa shape index (κ1) is 20.4. The molecule has 1 saturated heterocycles. The molecule has 0 atom stereocenters. The summed E-state index contributed by atoms with van der Waals surface area (Å²) in [6, 6.07) is 9.04. The number of aromatic nitrogens is 1. The number of rotatable bonds is 6. The zero-order valence-corrected chi connectivity index (χ0v) is 17.4.